The Morgan fingerprint density at radius 3 is 2.46 bits per heavy atom. The van der Waals surface area contributed by atoms with Crippen LogP contribution in [0.3, 0.4) is 0 Å². The van der Waals surface area contributed by atoms with Gasteiger partial charge in [-0.05, 0) is 67.3 Å². The van der Waals surface area contributed by atoms with Crippen molar-refractivity contribution in [2.24, 2.45) is 28.1 Å². The summed E-state index contributed by atoms with van der Waals surface area (Å²) in [5.41, 5.74) is 1.09. The highest BCUT2D eigenvalue weighted by atomic mass is 79.9. The van der Waals surface area contributed by atoms with E-state index in [2.05, 4.69) is 30.4 Å². The normalized spacial score (nSPS) is 29.2. The lowest BCUT2D eigenvalue weighted by atomic mass is 9.57. The van der Waals surface area contributed by atoms with E-state index < -0.39 is 31.9 Å². The van der Waals surface area contributed by atoms with E-state index in [4.69, 9.17) is 0 Å². The molecule has 0 radical (unpaired) electrons. The van der Waals surface area contributed by atoms with E-state index in [1.54, 1.807) is 4.90 Å². The molecule has 2 bridgehead atoms. The molecular formula is C26H27BrN4O6S2. The van der Waals surface area contributed by atoms with Crippen LogP contribution in [-0.2, 0) is 36.2 Å². The third kappa shape index (κ3) is 4.67. The van der Waals surface area contributed by atoms with Crippen LogP contribution in [0.4, 0.5) is 11.4 Å². The molecule has 13 heteroatoms. The van der Waals surface area contributed by atoms with Gasteiger partial charge in [0.05, 0.1) is 11.9 Å². The fourth-order valence-electron chi connectivity index (χ4n) is 6.72. The zero-order valence-electron chi connectivity index (χ0n) is 21.0. The van der Waals surface area contributed by atoms with E-state index in [0.29, 0.717) is 6.54 Å². The van der Waals surface area contributed by atoms with Crippen LogP contribution in [0.15, 0.2) is 56.2 Å². The second-order valence-corrected chi connectivity index (χ2v) is 14.9. The van der Waals surface area contributed by atoms with E-state index >= 15 is 0 Å². The van der Waals surface area contributed by atoms with Gasteiger partial charge in [0.2, 0.25) is 15.9 Å². The fourth-order valence-corrected chi connectivity index (χ4v) is 8.87. The quantitative estimate of drug-likeness (QED) is 0.480. The maximum absolute atomic E-state index is 14.1. The van der Waals surface area contributed by atoms with Gasteiger partial charge in [-0.1, -0.05) is 34.1 Å². The minimum absolute atomic E-state index is 0.0609. The predicted octanol–water partition coefficient (Wildman–Crippen LogP) is 3.37. The summed E-state index contributed by atoms with van der Waals surface area (Å²) < 4.78 is 56.7. The van der Waals surface area contributed by atoms with Crippen LogP contribution >= 0.6 is 15.9 Å². The number of sulfonamides is 2. The second kappa shape index (κ2) is 9.41. The number of amides is 1. The van der Waals surface area contributed by atoms with Gasteiger partial charge in [0.15, 0.2) is 11.7 Å². The van der Waals surface area contributed by atoms with Gasteiger partial charge in [-0.15, -0.1) is 4.40 Å². The van der Waals surface area contributed by atoms with Crippen molar-refractivity contribution in [2.45, 2.75) is 43.2 Å². The topological polar surface area (TPSA) is 142 Å². The Bertz CT molecular complexity index is 1630. The van der Waals surface area contributed by atoms with Crippen molar-refractivity contribution < 1.29 is 26.4 Å². The van der Waals surface area contributed by atoms with Gasteiger partial charge in [0.25, 0.3) is 10.0 Å². The first-order valence-electron chi connectivity index (χ1n) is 12.7. The number of likely N-dealkylation sites (tertiary alicyclic amines) is 1. The average molecular weight is 636 g/mol. The lowest BCUT2D eigenvalue weighted by Crippen LogP contribution is -2.66. The molecule has 3 saturated carbocycles. The van der Waals surface area contributed by atoms with E-state index in [1.165, 1.54) is 18.2 Å². The summed E-state index contributed by atoms with van der Waals surface area (Å²) in [6, 6.07) is 11.4. The molecule has 206 valence electrons. The molecule has 0 spiro atoms. The van der Waals surface area contributed by atoms with E-state index in [-0.39, 0.29) is 51.7 Å². The first kappa shape index (κ1) is 26.5. The van der Waals surface area contributed by atoms with Gasteiger partial charge in [-0.25, -0.2) is 8.42 Å². The van der Waals surface area contributed by atoms with Crippen molar-refractivity contribution in [2.75, 3.05) is 16.3 Å². The first-order valence-corrected chi connectivity index (χ1v) is 16.9. The molecule has 5 aliphatic rings. The SMILES string of the molecule is CS(=O)(=O)Nc1ccc2c(c1)S(=O)(=O)N=C(C1C(=O)C3C4CCC(CC4)C3N(Cc3ccccc3Br)C1=O)N2. The largest absolute Gasteiger partial charge is 0.341 e. The molecule has 3 unspecified atom stereocenters. The molecule has 2 aromatic carbocycles. The molecule has 2 aliphatic heterocycles. The van der Waals surface area contributed by atoms with Crippen LogP contribution in [0.1, 0.15) is 31.2 Å². The number of hydrogen-bond acceptors (Lipinski definition) is 7. The molecule has 7 rings (SSSR count). The van der Waals surface area contributed by atoms with Gasteiger partial charge in [0, 0.05) is 28.7 Å². The predicted molar refractivity (Wildman–Crippen MR) is 149 cm³/mol. The van der Waals surface area contributed by atoms with Crippen LogP contribution in [0, 0.1) is 23.7 Å². The van der Waals surface area contributed by atoms with Gasteiger partial charge >= 0.3 is 0 Å². The summed E-state index contributed by atoms with van der Waals surface area (Å²) in [5, 5.41) is 2.92. The molecule has 39 heavy (non-hydrogen) atoms. The number of benzene rings is 2. The highest BCUT2D eigenvalue weighted by Crippen LogP contribution is 2.51. The molecular weight excluding hydrogens is 608 g/mol. The van der Waals surface area contributed by atoms with Gasteiger partial charge < -0.3 is 10.2 Å². The molecule has 3 aliphatic carbocycles. The minimum Gasteiger partial charge on any atom is -0.341 e. The standard InChI is InChI=1S/C26H27BrN4O6S2/c1-38(34,35)29-17-10-11-19-20(12-17)39(36,37)30-25(28-19)22-24(32)21-14-6-8-15(9-7-14)23(21)31(26(22)33)13-16-4-2-3-5-18(16)27/h2-5,10-12,14-15,21-23,29H,6-9,13H2,1H3,(H,28,30). The van der Waals surface area contributed by atoms with Crippen LogP contribution in [0.25, 0.3) is 0 Å². The molecule has 0 aromatic heterocycles. The molecule has 4 fully saturated rings. The number of carbonyl (C=O) groups excluding carboxylic acids is 2. The van der Waals surface area contributed by atoms with Gasteiger partial charge in [0.1, 0.15) is 10.7 Å². The average Bonchev–Trinajstić information content (AvgIpc) is 2.87. The number of hydrogen-bond donors (Lipinski definition) is 2. The maximum atomic E-state index is 14.1. The number of rotatable bonds is 5. The monoisotopic (exact) mass is 634 g/mol. The second-order valence-electron chi connectivity index (χ2n) is 10.7. The molecule has 2 aromatic rings. The van der Waals surface area contributed by atoms with Crippen molar-refractivity contribution in [1.82, 2.24) is 4.90 Å². The number of Topliss-reactive ketones (excluding diaryl/α,β-unsaturated/α-hetero) is 1. The molecule has 10 nitrogen and oxygen atoms in total. The summed E-state index contributed by atoms with van der Waals surface area (Å²) >= 11 is 3.57. The minimum atomic E-state index is -4.33. The van der Waals surface area contributed by atoms with E-state index in [0.717, 1.165) is 42.0 Å². The Labute approximate surface area is 235 Å². The number of carbonyl (C=O) groups is 2. The zero-order valence-corrected chi connectivity index (χ0v) is 24.2. The number of piperidine rings is 1. The Hall–Kier alpha value is -2.77. The zero-order chi connectivity index (χ0) is 27.7. The summed E-state index contributed by atoms with van der Waals surface area (Å²) in [6.07, 6.45) is 4.72. The number of nitrogens with one attached hydrogen (secondary N) is 2. The van der Waals surface area contributed by atoms with E-state index in [9.17, 15) is 26.4 Å². The summed E-state index contributed by atoms with van der Waals surface area (Å²) in [5.74, 6) is -2.32. The molecule has 1 saturated heterocycles. The van der Waals surface area contributed by atoms with Gasteiger partial charge in [-0.3, -0.25) is 14.3 Å². The highest BCUT2D eigenvalue weighted by Gasteiger charge is 2.58. The van der Waals surface area contributed by atoms with Crippen LogP contribution in [-0.4, -0.2) is 51.6 Å². The van der Waals surface area contributed by atoms with E-state index in [1.807, 2.05) is 24.3 Å². The maximum Gasteiger partial charge on any atom is 0.286 e. The molecule has 2 N–H and O–H groups in total. The Morgan fingerprint density at radius 1 is 1.08 bits per heavy atom. The Morgan fingerprint density at radius 2 is 1.77 bits per heavy atom. The highest BCUT2D eigenvalue weighted by molar-refractivity contribution is 9.10. The van der Waals surface area contributed by atoms with Crippen LogP contribution in [0.2, 0.25) is 0 Å². The lowest BCUT2D eigenvalue weighted by Gasteiger charge is -2.55. The number of ketones is 1. The van der Waals surface area contributed by atoms with Crippen molar-refractivity contribution in [1.29, 1.82) is 0 Å². The number of amidine groups is 1. The smallest absolute Gasteiger partial charge is 0.286 e. The Balaban J connectivity index is 1.40. The number of halogens is 1. The summed E-state index contributed by atoms with van der Waals surface area (Å²) in [7, 11) is -7.96. The Kier molecular flexibility index (Phi) is 6.38. The molecule has 3 atom stereocenters. The fraction of sp³-hybridized carbons (Fsp3) is 0.423. The molecule has 1 amide bonds. The third-order valence-corrected chi connectivity index (χ3v) is 11.0. The number of fused-ring (bicyclic) bond motifs is 3. The van der Waals surface area contributed by atoms with Crippen LogP contribution in [0.5, 0.6) is 0 Å². The number of nitrogens with zero attached hydrogens (tertiary/aromatic N) is 2. The third-order valence-electron chi connectivity index (χ3n) is 8.29. The van der Waals surface area contributed by atoms with Crippen molar-refractivity contribution in [3.63, 3.8) is 0 Å². The van der Waals surface area contributed by atoms with Crippen molar-refractivity contribution in [3.05, 3.63) is 52.5 Å². The summed E-state index contributed by atoms with van der Waals surface area (Å²) in [4.78, 5) is 29.7. The van der Waals surface area contributed by atoms with Crippen molar-refractivity contribution in [3.8, 4) is 0 Å². The summed E-state index contributed by atoms with van der Waals surface area (Å²) in [6.45, 7) is 0.297. The van der Waals surface area contributed by atoms with Crippen molar-refractivity contribution >= 4 is 64.9 Å². The lowest BCUT2D eigenvalue weighted by molar-refractivity contribution is -0.162. The van der Waals surface area contributed by atoms with Crippen LogP contribution < -0.4 is 10.0 Å². The first-order chi connectivity index (χ1) is 18.4. The molecule has 2 heterocycles. The van der Waals surface area contributed by atoms with Gasteiger partial charge in [-0.2, -0.15) is 8.42 Å². The number of anilines is 2.